The molecule has 0 spiro atoms. The summed E-state index contributed by atoms with van der Waals surface area (Å²) in [7, 11) is -3.67. The van der Waals surface area contributed by atoms with E-state index in [1.807, 2.05) is 6.92 Å². The Morgan fingerprint density at radius 3 is 2.86 bits per heavy atom. The van der Waals surface area contributed by atoms with Gasteiger partial charge in [-0.25, -0.2) is 13.1 Å². The standard InChI is InChI=1S/C11H16ClN3O3S2.ClH/c1-8-7-15(5-4-13-8)10(16)6-14-20(17,18)11-3-2-9(12)19-11;/h2-3,8,13-14H,4-7H2,1H3;1H. The number of thiophene rings is 1. The Morgan fingerprint density at radius 1 is 1.57 bits per heavy atom. The Morgan fingerprint density at radius 2 is 2.29 bits per heavy atom. The van der Waals surface area contributed by atoms with E-state index in [1.165, 1.54) is 12.1 Å². The molecule has 120 valence electrons. The van der Waals surface area contributed by atoms with Crippen LogP contribution in [0.1, 0.15) is 6.92 Å². The molecule has 21 heavy (non-hydrogen) atoms. The highest BCUT2D eigenvalue weighted by Gasteiger charge is 2.23. The van der Waals surface area contributed by atoms with Crippen LogP contribution in [-0.4, -0.2) is 51.4 Å². The van der Waals surface area contributed by atoms with E-state index in [2.05, 4.69) is 10.0 Å². The predicted molar refractivity (Wildman–Crippen MR) is 85.8 cm³/mol. The van der Waals surface area contributed by atoms with Crippen molar-refractivity contribution in [2.45, 2.75) is 17.2 Å². The van der Waals surface area contributed by atoms with Crippen LogP contribution in [-0.2, 0) is 14.8 Å². The van der Waals surface area contributed by atoms with Gasteiger partial charge in [-0.15, -0.1) is 23.7 Å². The van der Waals surface area contributed by atoms with Crippen LogP contribution in [0.15, 0.2) is 16.3 Å². The number of hydrogen-bond acceptors (Lipinski definition) is 5. The minimum atomic E-state index is -3.67. The van der Waals surface area contributed by atoms with Gasteiger partial charge >= 0.3 is 0 Å². The number of carbonyl (C=O) groups excluding carboxylic acids is 1. The highest BCUT2D eigenvalue weighted by molar-refractivity contribution is 7.91. The highest BCUT2D eigenvalue weighted by atomic mass is 35.5. The number of piperazine rings is 1. The molecule has 2 N–H and O–H groups in total. The van der Waals surface area contributed by atoms with Gasteiger partial charge in [0, 0.05) is 25.7 Å². The molecular weight excluding hydrogens is 357 g/mol. The maximum Gasteiger partial charge on any atom is 0.250 e. The SMILES string of the molecule is CC1CN(C(=O)CNS(=O)(=O)c2ccc(Cl)s2)CCN1.Cl. The summed E-state index contributed by atoms with van der Waals surface area (Å²) in [5.74, 6) is -0.218. The van der Waals surface area contributed by atoms with Crippen LogP contribution in [0.5, 0.6) is 0 Å². The number of sulfonamides is 1. The lowest BCUT2D eigenvalue weighted by atomic mass is 10.2. The number of nitrogens with zero attached hydrogens (tertiary/aromatic N) is 1. The first-order valence-electron chi connectivity index (χ1n) is 6.14. The summed E-state index contributed by atoms with van der Waals surface area (Å²) < 4.78 is 26.7. The first kappa shape index (κ1) is 18.7. The molecule has 0 aliphatic carbocycles. The second-order valence-electron chi connectivity index (χ2n) is 4.58. The second kappa shape index (κ2) is 7.75. The first-order chi connectivity index (χ1) is 9.38. The molecule has 1 fully saturated rings. The number of hydrogen-bond donors (Lipinski definition) is 2. The zero-order valence-corrected chi connectivity index (χ0v) is 14.5. The first-order valence-corrected chi connectivity index (χ1v) is 8.82. The van der Waals surface area contributed by atoms with E-state index in [1.54, 1.807) is 4.90 Å². The molecule has 1 aromatic rings. The Labute approximate surface area is 139 Å². The third kappa shape index (κ3) is 5.08. The van der Waals surface area contributed by atoms with Crippen LogP contribution in [0, 0.1) is 0 Å². The maximum absolute atomic E-state index is 12.0. The summed E-state index contributed by atoms with van der Waals surface area (Å²) in [5.41, 5.74) is 0. The minimum Gasteiger partial charge on any atom is -0.339 e. The van der Waals surface area contributed by atoms with E-state index in [-0.39, 0.29) is 35.1 Å². The van der Waals surface area contributed by atoms with Crippen molar-refractivity contribution in [1.29, 1.82) is 0 Å². The van der Waals surface area contributed by atoms with Crippen LogP contribution in [0.4, 0.5) is 0 Å². The van der Waals surface area contributed by atoms with Crippen LogP contribution in [0.2, 0.25) is 4.34 Å². The van der Waals surface area contributed by atoms with E-state index in [4.69, 9.17) is 11.6 Å². The molecule has 1 aliphatic heterocycles. The fraction of sp³-hybridized carbons (Fsp3) is 0.545. The quantitative estimate of drug-likeness (QED) is 0.822. The number of nitrogens with one attached hydrogen (secondary N) is 2. The summed E-state index contributed by atoms with van der Waals surface area (Å²) >= 11 is 6.67. The number of rotatable bonds is 4. The zero-order valence-electron chi connectivity index (χ0n) is 11.3. The third-order valence-corrected chi connectivity index (χ3v) is 6.07. The van der Waals surface area contributed by atoms with Gasteiger partial charge in [0.25, 0.3) is 10.0 Å². The average molecular weight is 374 g/mol. The van der Waals surface area contributed by atoms with E-state index in [9.17, 15) is 13.2 Å². The molecule has 1 amide bonds. The smallest absolute Gasteiger partial charge is 0.250 e. The van der Waals surface area contributed by atoms with Crippen molar-refractivity contribution in [2.24, 2.45) is 0 Å². The molecule has 1 saturated heterocycles. The Hall–Kier alpha value is -0.380. The largest absolute Gasteiger partial charge is 0.339 e. The highest BCUT2D eigenvalue weighted by Crippen LogP contribution is 2.25. The van der Waals surface area contributed by atoms with Crippen LogP contribution >= 0.6 is 35.3 Å². The van der Waals surface area contributed by atoms with E-state index >= 15 is 0 Å². The molecule has 6 nitrogen and oxygen atoms in total. The molecule has 0 aromatic carbocycles. The van der Waals surface area contributed by atoms with Crippen molar-refractivity contribution in [3.05, 3.63) is 16.5 Å². The fourth-order valence-electron chi connectivity index (χ4n) is 1.94. The van der Waals surface area contributed by atoms with Crippen molar-refractivity contribution in [3.63, 3.8) is 0 Å². The van der Waals surface area contributed by atoms with Crippen molar-refractivity contribution in [3.8, 4) is 0 Å². The van der Waals surface area contributed by atoms with Gasteiger partial charge in [-0.2, -0.15) is 0 Å². The van der Waals surface area contributed by atoms with Crippen molar-refractivity contribution >= 4 is 51.3 Å². The summed E-state index contributed by atoms with van der Waals surface area (Å²) in [4.78, 5) is 13.6. The molecule has 1 unspecified atom stereocenters. The molecule has 2 rings (SSSR count). The van der Waals surface area contributed by atoms with Gasteiger partial charge in [0.1, 0.15) is 4.21 Å². The summed E-state index contributed by atoms with van der Waals surface area (Å²) in [6, 6.07) is 3.16. The molecule has 0 saturated carbocycles. The number of halogens is 2. The zero-order chi connectivity index (χ0) is 14.8. The minimum absolute atomic E-state index is 0. The second-order valence-corrected chi connectivity index (χ2v) is 8.29. The van der Waals surface area contributed by atoms with Crippen molar-refractivity contribution < 1.29 is 13.2 Å². The van der Waals surface area contributed by atoms with Gasteiger partial charge in [-0.3, -0.25) is 4.79 Å². The van der Waals surface area contributed by atoms with Gasteiger partial charge in [0.05, 0.1) is 10.9 Å². The molecule has 10 heteroatoms. The van der Waals surface area contributed by atoms with Crippen LogP contribution in [0.3, 0.4) is 0 Å². The molecule has 1 atom stereocenters. The lowest BCUT2D eigenvalue weighted by molar-refractivity contribution is -0.131. The monoisotopic (exact) mass is 373 g/mol. The molecule has 2 heterocycles. The lowest BCUT2D eigenvalue weighted by Crippen LogP contribution is -2.53. The van der Waals surface area contributed by atoms with Crippen molar-refractivity contribution in [1.82, 2.24) is 14.9 Å². The summed E-state index contributed by atoms with van der Waals surface area (Å²) in [6.07, 6.45) is 0. The van der Waals surface area contributed by atoms with Crippen LogP contribution < -0.4 is 10.0 Å². The van der Waals surface area contributed by atoms with E-state index in [0.717, 1.165) is 17.9 Å². The summed E-state index contributed by atoms with van der Waals surface area (Å²) in [6.45, 7) is 3.66. The Balaban J connectivity index is 0.00000220. The fourth-order valence-corrected chi connectivity index (χ4v) is 4.44. The van der Waals surface area contributed by atoms with E-state index in [0.29, 0.717) is 17.4 Å². The van der Waals surface area contributed by atoms with Gasteiger partial charge in [-0.1, -0.05) is 11.6 Å². The summed E-state index contributed by atoms with van der Waals surface area (Å²) in [5, 5.41) is 3.22. The molecule has 1 aliphatic rings. The predicted octanol–water partition coefficient (Wildman–Crippen LogP) is 0.922. The van der Waals surface area contributed by atoms with E-state index < -0.39 is 10.0 Å². The Kier molecular flexibility index (Phi) is 6.89. The van der Waals surface area contributed by atoms with Crippen LogP contribution in [0.25, 0.3) is 0 Å². The number of amides is 1. The Bertz CT molecular complexity index is 591. The van der Waals surface area contributed by atoms with Gasteiger partial charge < -0.3 is 10.2 Å². The molecular formula is C11H17Cl2N3O3S2. The van der Waals surface area contributed by atoms with Gasteiger partial charge in [0.2, 0.25) is 5.91 Å². The third-order valence-electron chi connectivity index (χ3n) is 2.95. The molecule has 1 aromatic heterocycles. The number of carbonyl (C=O) groups is 1. The normalized spacial score (nSPS) is 19.1. The molecule has 0 bridgehead atoms. The van der Waals surface area contributed by atoms with Gasteiger partial charge in [0.15, 0.2) is 0 Å². The van der Waals surface area contributed by atoms with Gasteiger partial charge in [-0.05, 0) is 19.1 Å². The lowest BCUT2D eigenvalue weighted by Gasteiger charge is -2.31. The maximum atomic E-state index is 12.0. The molecule has 0 radical (unpaired) electrons. The topological polar surface area (TPSA) is 78.5 Å². The van der Waals surface area contributed by atoms with Crippen molar-refractivity contribution in [2.75, 3.05) is 26.2 Å². The average Bonchev–Trinajstić information content (AvgIpc) is 2.83.